The Labute approximate surface area is 85.3 Å². The number of benzene rings is 1. The molecule has 1 N–H and O–H groups in total. The highest BCUT2D eigenvalue weighted by molar-refractivity contribution is 5.48. The van der Waals surface area contributed by atoms with Gasteiger partial charge in [0.1, 0.15) is 0 Å². The molecule has 0 spiro atoms. The zero-order valence-electron chi connectivity index (χ0n) is 8.95. The van der Waals surface area contributed by atoms with Gasteiger partial charge in [-0.15, -0.1) is 0 Å². The Morgan fingerprint density at radius 3 is 2.21 bits per heavy atom. The van der Waals surface area contributed by atoms with Crippen molar-refractivity contribution in [3.05, 3.63) is 35.9 Å². The number of rotatable bonds is 3. The zero-order valence-corrected chi connectivity index (χ0v) is 8.95. The Morgan fingerprint density at radius 2 is 1.79 bits per heavy atom. The van der Waals surface area contributed by atoms with Crippen LogP contribution in [-0.2, 0) is 4.79 Å². The Kier molecular flexibility index (Phi) is 3.28. The van der Waals surface area contributed by atoms with Crippen LogP contribution < -0.4 is 5.32 Å². The Balaban J connectivity index is 2.95. The molecular formula is C12H17NO. The molecule has 0 heterocycles. The summed E-state index contributed by atoms with van der Waals surface area (Å²) in [5.74, 6) is 0. The molecule has 2 heteroatoms. The van der Waals surface area contributed by atoms with Crippen LogP contribution in [-0.4, -0.2) is 6.41 Å². The maximum absolute atomic E-state index is 10.5. The SMILES string of the molecule is CC(C)(C)[C@@H](NC=O)c1ccccc1. The monoisotopic (exact) mass is 191 g/mol. The summed E-state index contributed by atoms with van der Waals surface area (Å²) in [5.41, 5.74) is 1.18. The molecule has 1 amide bonds. The first-order chi connectivity index (χ1) is 6.55. The molecule has 0 aromatic heterocycles. The molecule has 0 radical (unpaired) electrons. The van der Waals surface area contributed by atoms with Crippen molar-refractivity contribution in [1.82, 2.24) is 5.32 Å². The predicted octanol–water partition coefficient (Wildman–Crippen LogP) is 2.52. The van der Waals surface area contributed by atoms with Crippen LogP contribution >= 0.6 is 0 Å². The fourth-order valence-electron chi connectivity index (χ4n) is 1.56. The third kappa shape index (κ3) is 2.59. The van der Waals surface area contributed by atoms with E-state index in [9.17, 15) is 4.79 Å². The van der Waals surface area contributed by atoms with Gasteiger partial charge in [0.25, 0.3) is 0 Å². The number of hydrogen-bond acceptors (Lipinski definition) is 1. The molecule has 1 aromatic rings. The van der Waals surface area contributed by atoms with Crippen LogP contribution in [0.15, 0.2) is 30.3 Å². The summed E-state index contributed by atoms with van der Waals surface area (Å²) in [7, 11) is 0. The summed E-state index contributed by atoms with van der Waals surface area (Å²) >= 11 is 0. The smallest absolute Gasteiger partial charge is 0.207 e. The van der Waals surface area contributed by atoms with E-state index >= 15 is 0 Å². The second-order valence-electron chi connectivity index (χ2n) is 4.49. The van der Waals surface area contributed by atoms with Crippen molar-refractivity contribution < 1.29 is 4.79 Å². The maximum Gasteiger partial charge on any atom is 0.207 e. The van der Waals surface area contributed by atoms with Crippen molar-refractivity contribution >= 4 is 6.41 Å². The summed E-state index contributed by atoms with van der Waals surface area (Å²) in [5, 5.41) is 2.86. The van der Waals surface area contributed by atoms with E-state index < -0.39 is 0 Å². The average Bonchev–Trinajstić information content (AvgIpc) is 2.14. The van der Waals surface area contributed by atoms with Crippen molar-refractivity contribution in [2.45, 2.75) is 26.8 Å². The van der Waals surface area contributed by atoms with E-state index in [0.29, 0.717) is 0 Å². The molecule has 1 rings (SSSR count). The summed E-state index contributed by atoms with van der Waals surface area (Å²) in [4.78, 5) is 10.5. The number of carbonyl (C=O) groups excluding carboxylic acids is 1. The van der Waals surface area contributed by atoms with Crippen LogP contribution in [0.5, 0.6) is 0 Å². The minimum absolute atomic E-state index is 0.0300. The van der Waals surface area contributed by atoms with E-state index in [0.717, 1.165) is 12.0 Å². The van der Waals surface area contributed by atoms with Crippen molar-refractivity contribution in [1.29, 1.82) is 0 Å². The molecule has 0 aliphatic carbocycles. The Hall–Kier alpha value is -1.31. The van der Waals surface area contributed by atoms with Crippen LogP contribution in [0.4, 0.5) is 0 Å². The topological polar surface area (TPSA) is 29.1 Å². The first kappa shape index (κ1) is 10.8. The van der Waals surface area contributed by atoms with E-state index in [-0.39, 0.29) is 11.5 Å². The number of hydrogen-bond donors (Lipinski definition) is 1. The second kappa shape index (κ2) is 4.27. The summed E-state index contributed by atoms with van der Waals surface area (Å²) < 4.78 is 0. The zero-order chi connectivity index (χ0) is 10.6. The quantitative estimate of drug-likeness (QED) is 0.731. The predicted molar refractivity (Wildman–Crippen MR) is 57.8 cm³/mol. The summed E-state index contributed by atoms with van der Waals surface area (Å²) in [6.45, 7) is 6.34. The molecule has 0 saturated carbocycles. The molecule has 0 unspecified atom stereocenters. The Bertz CT molecular complexity index is 287. The fraction of sp³-hybridized carbons (Fsp3) is 0.417. The van der Waals surface area contributed by atoms with Crippen LogP contribution in [0.25, 0.3) is 0 Å². The van der Waals surface area contributed by atoms with Crippen molar-refractivity contribution in [3.8, 4) is 0 Å². The van der Waals surface area contributed by atoms with Gasteiger partial charge in [-0.25, -0.2) is 0 Å². The van der Waals surface area contributed by atoms with E-state index in [1.54, 1.807) is 0 Å². The molecular weight excluding hydrogens is 174 g/mol. The second-order valence-corrected chi connectivity index (χ2v) is 4.49. The van der Waals surface area contributed by atoms with Crippen LogP contribution in [0.1, 0.15) is 32.4 Å². The van der Waals surface area contributed by atoms with Gasteiger partial charge < -0.3 is 5.32 Å². The van der Waals surface area contributed by atoms with Crippen molar-refractivity contribution in [2.24, 2.45) is 5.41 Å². The van der Waals surface area contributed by atoms with Crippen molar-refractivity contribution in [3.63, 3.8) is 0 Å². The molecule has 2 nitrogen and oxygen atoms in total. The van der Waals surface area contributed by atoms with Crippen LogP contribution in [0, 0.1) is 5.41 Å². The van der Waals surface area contributed by atoms with E-state index in [1.165, 1.54) is 0 Å². The minimum atomic E-state index is 0.0300. The average molecular weight is 191 g/mol. The third-order valence-corrected chi connectivity index (χ3v) is 2.23. The molecule has 0 saturated heterocycles. The van der Waals surface area contributed by atoms with Gasteiger partial charge in [-0.05, 0) is 11.0 Å². The van der Waals surface area contributed by atoms with Gasteiger partial charge >= 0.3 is 0 Å². The molecule has 76 valence electrons. The van der Waals surface area contributed by atoms with Crippen molar-refractivity contribution in [2.75, 3.05) is 0 Å². The maximum atomic E-state index is 10.5. The lowest BCUT2D eigenvalue weighted by molar-refractivity contribution is -0.110. The van der Waals surface area contributed by atoms with E-state index in [4.69, 9.17) is 0 Å². The van der Waals surface area contributed by atoms with Gasteiger partial charge in [0, 0.05) is 0 Å². The van der Waals surface area contributed by atoms with Gasteiger partial charge in [-0.2, -0.15) is 0 Å². The third-order valence-electron chi connectivity index (χ3n) is 2.23. The summed E-state index contributed by atoms with van der Waals surface area (Å²) in [6, 6.07) is 10.1. The molecule has 1 atom stereocenters. The van der Waals surface area contributed by atoms with Gasteiger partial charge in [0.15, 0.2) is 0 Å². The van der Waals surface area contributed by atoms with Crippen LogP contribution in [0.3, 0.4) is 0 Å². The molecule has 0 aliphatic heterocycles. The molecule has 14 heavy (non-hydrogen) atoms. The number of carbonyl (C=O) groups is 1. The molecule has 0 fully saturated rings. The van der Waals surface area contributed by atoms with Crippen LogP contribution in [0.2, 0.25) is 0 Å². The van der Waals surface area contributed by atoms with Gasteiger partial charge in [0.2, 0.25) is 6.41 Å². The largest absolute Gasteiger partial charge is 0.351 e. The van der Waals surface area contributed by atoms with Gasteiger partial charge in [-0.1, -0.05) is 51.1 Å². The molecule has 1 aromatic carbocycles. The van der Waals surface area contributed by atoms with Gasteiger partial charge in [0.05, 0.1) is 6.04 Å². The highest BCUT2D eigenvalue weighted by Gasteiger charge is 2.25. The highest BCUT2D eigenvalue weighted by Crippen LogP contribution is 2.31. The Morgan fingerprint density at radius 1 is 1.21 bits per heavy atom. The lowest BCUT2D eigenvalue weighted by Gasteiger charge is -2.30. The first-order valence-electron chi connectivity index (χ1n) is 4.80. The molecule has 0 bridgehead atoms. The minimum Gasteiger partial charge on any atom is -0.351 e. The van der Waals surface area contributed by atoms with Gasteiger partial charge in [-0.3, -0.25) is 4.79 Å². The number of nitrogens with one attached hydrogen (secondary N) is 1. The summed E-state index contributed by atoms with van der Waals surface area (Å²) in [6.07, 6.45) is 0.767. The fourth-order valence-corrected chi connectivity index (χ4v) is 1.56. The number of amides is 1. The van der Waals surface area contributed by atoms with E-state index in [1.807, 2.05) is 30.3 Å². The normalized spacial score (nSPS) is 13.4. The molecule has 0 aliphatic rings. The lowest BCUT2D eigenvalue weighted by Crippen LogP contribution is -2.31. The van der Waals surface area contributed by atoms with E-state index in [2.05, 4.69) is 26.1 Å². The lowest BCUT2D eigenvalue weighted by atomic mass is 9.82. The highest BCUT2D eigenvalue weighted by atomic mass is 16.1. The standard InChI is InChI=1S/C12H17NO/c1-12(2,3)11(13-9-14)10-7-5-4-6-8-10/h4-9,11H,1-3H3,(H,13,14)/t11-/m0/s1. The first-order valence-corrected chi connectivity index (χ1v) is 4.80.